The summed E-state index contributed by atoms with van der Waals surface area (Å²) < 4.78 is 40.4. The number of carbonyl (C=O) groups excluding carboxylic acids is 1. The Morgan fingerprint density at radius 2 is 2.31 bits per heavy atom. The third-order valence-corrected chi connectivity index (χ3v) is 1.70. The van der Waals surface area contributed by atoms with Crippen LogP contribution in [0.4, 0.5) is 13.2 Å². The van der Waals surface area contributed by atoms with Crippen molar-refractivity contribution in [1.82, 2.24) is 5.32 Å². The Hall–Kier alpha value is -1.04. The van der Waals surface area contributed by atoms with Crippen LogP contribution >= 0.6 is 0 Å². The molecule has 1 rings (SSSR count). The lowest BCUT2D eigenvalue weighted by molar-refractivity contribution is -0.141. The molecule has 0 radical (unpaired) electrons. The van der Waals surface area contributed by atoms with Crippen LogP contribution in [0.25, 0.3) is 0 Å². The number of methoxy groups -OCH3 is 1. The molecule has 1 aliphatic rings. The molecule has 0 aromatic carbocycles. The van der Waals surface area contributed by atoms with Crippen molar-refractivity contribution < 1.29 is 22.7 Å². The topological polar surface area (TPSA) is 38.3 Å². The highest BCUT2D eigenvalue weighted by atomic mass is 19.4. The van der Waals surface area contributed by atoms with Crippen molar-refractivity contribution in [2.24, 2.45) is 0 Å². The Morgan fingerprint density at radius 3 is 2.69 bits per heavy atom. The van der Waals surface area contributed by atoms with E-state index in [1.54, 1.807) is 0 Å². The number of rotatable bonds is 1. The molecule has 0 aromatic rings. The summed E-state index contributed by atoms with van der Waals surface area (Å²) in [7, 11) is 1.13. The maximum absolute atomic E-state index is 12.0. The van der Waals surface area contributed by atoms with Gasteiger partial charge in [0, 0.05) is 12.1 Å². The molecule has 1 N–H and O–H groups in total. The monoisotopic (exact) mass is 195 g/mol. The van der Waals surface area contributed by atoms with E-state index >= 15 is 0 Å². The minimum absolute atomic E-state index is 0.344. The zero-order valence-electron chi connectivity index (χ0n) is 6.81. The summed E-state index contributed by atoms with van der Waals surface area (Å²) in [5.41, 5.74) is -0.733. The lowest BCUT2D eigenvalue weighted by Crippen LogP contribution is -2.32. The smallest absolute Gasteiger partial charge is 0.413 e. The first-order chi connectivity index (χ1) is 5.95. The predicted molar refractivity (Wildman–Crippen MR) is 37.9 cm³/mol. The van der Waals surface area contributed by atoms with Crippen LogP contribution < -0.4 is 5.32 Å². The van der Waals surface area contributed by atoms with Gasteiger partial charge in [0.15, 0.2) is 0 Å². The molecule has 1 aliphatic heterocycles. The average Bonchev–Trinajstić information content (AvgIpc) is 2.50. The SMILES string of the molecule is COC(=O)C1C=C(C(F)(F)F)CN1. The first-order valence-electron chi connectivity index (χ1n) is 3.54. The molecular formula is C7H8F3NO2. The Morgan fingerprint density at radius 1 is 1.69 bits per heavy atom. The van der Waals surface area contributed by atoms with E-state index in [1.165, 1.54) is 0 Å². The summed E-state index contributed by atoms with van der Waals surface area (Å²) in [5.74, 6) is -0.709. The zero-order valence-corrected chi connectivity index (χ0v) is 6.81. The predicted octanol–water partition coefficient (Wildman–Crippen LogP) is 0.620. The summed E-state index contributed by atoms with van der Waals surface area (Å²) in [4.78, 5) is 10.8. The molecule has 0 saturated heterocycles. The maximum Gasteiger partial charge on any atom is 0.413 e. The average molecular weight is 195 g/mol. The summed E-state index contributed by atoms with van der Waals surface area (Å²) in [6.07, 6.45) is -3.53. The van der Waals surface area contributed by atoms with Gasteiger partial charge in [-0.05, 0) is 6.08 Å². The molecule has 13 heavy (non-hydrogen) atoms. The molecule has 6 heteroatoms. The second-order valence-electron chi connectivity index (χ2n) is 2.57. The van der Waals surface area contributed by atoms with E-state index < -0.39 is 23.8 Å². The van der Waals surface area contributed by atoms with Crippen LogP contribution in [-0.4, -0.2) is 31.8 Å². The highest BCUT2D eigenvalue weighted by molar-refractivity contribution is 5.79. The standard InChI is InChI=1S/C7H8F3NO2/c1-13-6(12)5-2-4(3-11-5)7(8,9)10/h2,5,11H,3H2,1H3. The van der Waals surface area contributed by atoms with Crippen LogP contribution in [-0.2, 0) is 9.53 Å². The summed E-state index contributed by atoms with van der Waals surface area (Å²) in [5, 5.41) is 2.38. The van der Waals surface area contributed by atoms with E-state index in [-0.39, 0.29) is 6.54 Å². The summed E-state index contributed by atoms with van der Waals surface area (Å²) in [6, 6.07) is -0.971. The Labute approximate surface area is 72.6 Å². The van der Waals surface area contributed by atoms with Gasteiger partial charge < -0.3 is 4.74 Å². The van der Waals surface area contributed by atoms with Gasteiger partial charge in [-0.25, -0.2) is 0 Å². The van der Waals surface area contributed by atoms with Crippen LogP contribution in [0.3, 0.4) is 0 Å². The number of carbonyl (C=O) groups is 1. The van der Waals surface area contributed by atoms with E-state index in [0.717, 1.165) is 13.2 Å². The van der Waals surface area contributed by atoms with E-state index in [9.17, 15) is 18.0 Å². The van der Waals surface area contributed by atoms with Crippen LogP contribution in [0, 0.1) is 0 Å². The largest absolute Gasteiger partial charge is 0.468 e. The van der Waals surface area contributed by atoms with E-state index in [0.29, 0.717) is 0 Å². The second-order valence-corrected chi connectivity index (χ2v) is 2.57. The molecule has 0 aromatic heterocycles. The zero-order chi connectivity index (χ0) is 10.1. The van der Waals surface area contributed by atoms with Crippen molar-refractivity contribution in [1.29, 1.82) is 0 Å². The second kappa shape index (κ2) is 3.37. The summed E-state index contributed by atoms with van der Waals surface area (Å²) >= 11 is 0. The first kappa shape index (κ1) is 10.0. The van der Waals surface area contributed by atoms with Gasteiger partial charge >= 0.3 is 12.1 Å². The Kier molecular flexibility index (Phi) is 2.60. The van der Waals surface area contributed by atoms with Gasteiger partial charge in [-0.1, -0.05) is 0 Å². The third-order valence-electron chi connectivity index (χ3n) is 1.70. The molecule has 0 spiro atoms. The quantitative estimate of drug-likeness (QED) is 0.492. The van der Waals surface area contributed by atoms with Crippen LogP contribution in [0.5, 0.6) is 0 Å². The lowest BCUT2D eigenvalue weighted by Gasteiger charge is -2.05. The highest BCUT2D eigenvalue weighted by Crippen LogP contribution is 2.27. The van der Waals surface area contributed by atoms with Crippen molar-refractivity contribution in [2.75, 3.05) is 13.7 Å². The highest BCUT2D eigenvalue weighted by Gasteiger charge is 2.38. The molecule has 0 fully saturated rings. The number of nitrogens with one attached hydrogen (secondary N) is 1. The Balaban J connectivity index is 2.69. The number of hydrogen-bond donors (Lipinski definition) is 1. The van der Waals surface area contributed by atoms with Crippen LogP contribution in [0.2, 0.25) is 0 Å². The minimum atomic E-state index is -4.37. The Bertz CT molecular complexity index is 247. The molecule has 0 amide bonds. The fraction of sp³-hybridized carbons (Fsp3) is 0.571. The number of hydrogen-bond acceptors (Lipinski definition) is 3. The van der Waals surface area contributed by atoms with Crippen molar-refractivity contribution in [3.63, 3.8) is 0 Å². The van der Waals surface area contributed by atoms with E-state index in [2.05, 4.69) is 10.1 Å². The fourth-order valence-corrected chi connectivity index (χ4v) is 1.01. The van der Waals surface area contributed by atoms with Gasteiger partial charge in [0.05, 0.1) is 7.11 Å². The molecule has 0 bridgehead atoms. The van der Waals surface area contributed by atoms with Gasteiger partial charge in [0.1, 0.15) is 6.04 Å². The number of halogens is 3. The summed E-state index contributed by atoms with van der Waals surface area (Å²) in [6.45, 7) is -0.344. The molecule has 1 unspecified atom stereocenters. The van der Waals surface area contributed by atoms with Gasteiger partial charge in [-0.3, -0.25) is 10.1 Å². The molecule has 1 heterocycles. The van der Waals surface area contributed by atoms with Crippen molar-refractivity contribution in [2.45, 2.75) is 12.2 Å². The third kappa shape index (κ3) is 2.21. The molecule has 1 atom stereocenters. The lowest BCUT2D eigenvalue weighted by atomic mass is 10.2. The fourth-order valence-electron chi connectivity index (χ4n) is 1.01. The van der Waals surface area contributed by atoms with Gasteiger partial charge in [-0.2, -0.15) is 13.2 Å². The number of esters is 1. The number of ether oxygens (including phenoxy) is 1. The molecular weight excluding hydrogens is 187 g/mol. The molecule has 3 nitrogen and oxygen atoms in total. The van der Waals surface area contributed by atoms with Crippen molar-refractivity contribution in [3.8, 4) is 0 Å². The number of alkyl halides is 3. The minimum Gasteiger partial charge on any atom is -0.468 e. The van der Waals surface area contributed by atoms with Crippen molar-refractivity contribution >= 4 is 5.97 Å². The van der Waals surface area contributed by atoms with Crippen molar-refractivity contribution in [3.05, 3.63) is 11.6 Å². The van der Waals surface area contributed by atoms with Gasteiger partial charge in [0.2, 0.25) is 0 Å². The molecule has 0 saturated carbocycles. The normalized spacial score (nSPS) is 22.8. The van der Waals surface area contributed by atoms with Gasteiger partial charge in [0.25, 0.3) is 0 Å². The maximum atomic E-state index is 12.0. The molecule has 74 valence electrons. The van der Waals surface area contributed by atoms with Crippen LogP contribution in [0.15, 0.2) is 11.6 Å². The molecule has 0 aliphatic carbocycles. The van der Waals surface area contributed by atoms with Gasteiger partial charge in [-0.15, -0.1) is 0 Å². The first-order valence-corrected chi connectivity index (χ1v) is 3.54. The van der Waals surface area contributed by atoms with E-state index in [4.69, 9.17) is 0 Å². The van der Waals surface area contributed by atoms with E-state index in [1.807, 2.05) is 0 Å². The van der Waals surface area contributed by atoms with Crippen LogP contribution in [0.1, 0.15) is 0 Å².